The number of amides is 2. The molecule has 1 saturated heterocycles. The van der Waals surface area contributed by atoms with E-state index < -0.39 is 5.97 Å². The number of likely N-dealkylation sites (tertiary alicyclic amines) is 1. The minimum atomic E-state index is -1.12. The molecule has 0 unspecified atom stereocenters. The molecule has 0 saturated carbocycles. The molecular weight excluding hydrogens is 262 g/mol. The molecule has 0 aromatic carbocycles. The SMILES string of the molecule is C#CCN(CC)C(=O)N1CC(n2cc(C(=O)O)nn2)C1. The summed E-state index contributed by atoms with van der Waals surface area (Å²) in [6.07, 6.45) is 6.58. The van der Waals surface area contributed by atoms with Crippen molar-refractivity contribution in [3.63, 3.8) is 0 Å². The summed E-state index contributed by atoms with van der Waals surface area (Å²) in [6, 6.07) is -0.149. The van der Waals surface area contributed by atoms with Gasteiger partial charge in [0.2, 0.25) is 0 Å². The van der Waals surface area contributed by atoms with Crippen molar-refractivity contribution in [3.8, 4) is 12.3 Å². The molecule has 1 aliphatic heterocycles. The highest BCUT2D eigenvalue weighted by Gasteiger charge is 2.34. The summed E-state index contributed by atoms with van der Waals surface area (Å²) in [6.45, 7) is 3.65. The molecule has 1 aromatic heterocycles. The Hall–Kier alpha value is -2.56. The second-order valence-corrected chi connectivity index (χ2v) is 4.45. The van der Waals surface area contributed by atoms with Crippen molar-refractivity contribution in [2.45, 2.75) is 13.0 Å². The van der Waals surface area contributed by atoms with E-state index in [0.29, 0.717) is 19.6 Å². The summed E-state index contributed by atoms with van der Waals surface area (Å²) >= 11 is 0. The average Bonchev–Trinajstić information content (AvgIpc) is 2.83. The van der Waals surface area contributed by atoms with Gasteiger partial charge in [0.05, 0.1) is 18.8 Å². The number of carbonyl (C=O) groups excluding carboxylic acids is 1. The number of aromatic nitrogens is 3. The number of aromatic carboxylic acids is 1. The monoisotopic (exact) mass is 277 g/mol. The lowest BCUT2D eigenvalue weighted by molar-refractivity contribution is 0.0689. The third kappa shape index (κ3) is 2.56. The van der Waals surface area contributed by atoms with Gasteiger partial charge in [0.1, 0.15) is 0 Å². The highest BCUT2D eigenvalue weighted by molar-refractivity contribution is 5.84. The Morgan fingerprint density at radius 1 is 1.60 bits per heavy atom. The van der Waals surface area contributed by atoms with E-state index in [1.807, 2.05) is 6.92 Å². The topological polar surface area (TPSA) is 91.6 Å². The molecule has 8 heteroatoms. The smallest absolute Gasteiger partial charge is 0.358 e. The predicted molar refractivity (Wildman–Crippen MR) is 69.1 cm³/mol. The number of rotatable bonds is 4. The van der Waals surface area contributed by atoms with Gasteiger partial charge in [-0.15, -0.1) is 11.5 Å². The third-order valence-corrected chi connectivity index (χ3v) is 3.17. The quantitative estimate of drug-likeness (QED) is 0.776. The van der Waals surface area contributed by atoms with Crippen LogP contribution in [0.3, 0.4) is 0 Å². The third-order valence-electron chi connectivity index (χ3n) is 3.17. The second-order valence-electron chi connectivity index (χ2n) is 4.45. The standard InChI is InChI=1S/C12H15N5O3/c1-3-5-15(4-2)12(20)16-6-9(7-16)17-8-10(11(18)19)13-14-17/h1,8-9H,4-7H2,2H3,(H,18,19). The van der Waals surface area contributed by atoms with Crippen LogP contribution in [0.5, 0.6) is 0 Å². The van der Waals surface area contributed by atoms with Crippen LogP contribution in [0.1, 0.15) is 23.5 Å². The first kappa shape index (κ1) is 13.9. The first-order valence-electron chi connectivity index (χ1n) is 6.19. The predicted octanol–water partition coefficient (Wildman–Crippen LogP) is -0.0919. The summed E-state index contributed by atoms with van der Waals surface area (Å²) in [7, 11) is 0. The van der Waals surface area contributed by atoms with Gasteiger partial charge >= 0.3 is 12.0 Å². The van der Waals surface area contributed by atoms with Gasteiger partial charge in [0, 0.05) is 19.6 Å². The molecule has 1 N–H and O–H groups in total. The first-order chi connectivity index (χ1) is 9.56. The molecule has 1 aromatic rings. The van der Waals surface area contributed by atoms with Gasteiger partial charge in [-0.05, 0) is 6.92 Å². The minimum Gasteiger partial charge on any atom is -0.476 e. The number of carboxylic acid groups (broad SMARTS) is 1. The second kappa shape index (κ2) is 5.61. The van der Waals surface area contributed by atoms with Crippen molar-refractivity contribution in [1.82, 2.24) is 24.8 Å². The number of carbonyl (C=O) groups is 2. The lowest BCUT2D eigenvalue weighted by Crippen LogP contribution is -2.55. The van der Waals surface area contributed by atoms with E-state index in [1.165, 1.54) is 10.9 Å². The molecule has 0 bridgehead atoms. The number of hydrogen-bond acceptors (Lipinski definition) is 4. The first-order valence-corrected chi connectivity index (χ1v) is 6.19. The highest BCUT2D eigenvalue weighted by atomic mass is 16.4. The molecule has 20 heavy (non-hydrogen) atoms. The number of hydrogen-bond donors (Lipinski definition) is 1. The zero-order valence-electron chi connectivity index (χ0n) is 11.1. The van der Waals surface area contributed by atoms with Gasteiger partial charge in [-0.1, -0.05) is 11.1 Å². The summed E-state index contributed by atoms with van der Waals surface area (Å²) in [4.78, 5) is 26.0. The van der Waals surface area contributed by atoms with Crippen molar-refractivity contribution >= 4 is 12.0 Å². The van der Waals surface area contributed by atoms with Crippen molar-refractivity contribution < 1.29 is 14.7 Å². The van der Waals surface area contributed by atoms with Crippen LogP contribution in [0, 0.1) is 12.3 Å². The van der Waals surface area contributed by atoms with E-state index in [0.717, 1.165) is 0 Å². The molecule has 8 nitrogen and oxygen atoms in total. The Balaban J connectivity index is 1.92. The van der Waals surface area contributed by atoms with Gasteiger partial charge < -0.3 is 14.9 Å². The summed E-state index contributed by atoms with van der Waals surface area (Å²) < 4.78 is 1.48. The van der Waals surface area contributed by atoms with Crippen molar-refractivity contribution in [2.24, 2.45) is 0 Å². The van der Waals surface area contributed by atoms with Crippen LogP contribution in [0.25, 0.3) is 0 Å². The van der Waals surface area contributed by atoms with E-state index in [1.54, 1.807) is 9.80 Å². The van der Waals surface area contributed by atoms with Gasteiger partial charge in [0.25, 0.3) is 0 Å². The number of urea groups is 1. The molecule has 0 atom stereocenters. The zero-order valence-corrected chi connectivity index (χ0v) is 11.1. The largest absolute Gasteiger partial charge is 0.476 e. The maximum Gasteiger partial charge on any atom is 0.358 e. The van der Waals surface area contributed by atoms with Crippen LogP contribution in [0.4, 0.5) is 4.79 Å². The fraction of sp³-hybridized carbons (Fsp3) is 0.500. The number of terminal acetylenes is 1. The maximum absolute atomic E-state index is 12.1. The average molecular weight is 277 g/mol. The Morgan fingerprint density at radius 2 is 2.30 bits per heavy atom. The van der Waals surface area contributed by atoms with E-state index in [9.17, 15) is 9.59 Å². The van der Waals surface area contributed by atoms with Crippen LogP contribution in [0.15, 0.2) is 6.20 Å². The minimum absolute atomic E-state index is 0.0379. The van der Waals surface area contributed by atoms with Crippen molar-refractivity contribution in [2.75, 3.05) is 26.2 Å². The van der Waals surface area contributed by atoms with Crippen LogP contribution in [-0.4, -0.2) is 68.1 Å². The van der Waals surface area contributed by atoms with Crippen molar-refractivity contribution in [3.05, 3.63) is 11.9 Å². The van der Waals surface area contributed by atoms with Gasteiger partial charge in [-0.2, -0.15) is 0 Å². The lowest BCUT2D eigenvalue weighted by Gasteiger charge is -2.41. The van der Waals surface area contributed by atoms with Crippen LogP contribution < -0.4 is 0 Å². The van der Waals surface area contributed by atoms with Crippen LogP contribution in [-0.2, 0) is 0 Å². The van der Waals surface area contributed by atoms with E-state index in [-0.39, 0.29) is 24.3 Å². The zero-order chi connectivity index (χ0) is 14.7. The van der Waals surface area contributed by atoms with Gasteiger partial charge in [-0.25, -0.2) is 14.3 Å². The van der Waals surface area contributed by atoms with Crippen molar-refractivity contribution in [1.29, 1.82) is 0 Å². The van der Waals surface area contributed by atoms with E-state index in [2.05, 4.69) is 16.2 Å². The summed E-state index contributed by atoms with van der Waals surface area (Å²) in [5.74, 6) is 1.33. The molecule has 0 radical (unpaired) electrons. The maximum atomic E-state index is 12.1. The molecular formula is C12H15N5O3. The Labute approximate surface area is 116 Å². The highest BCUT2D eigenvalue weighted by Crippen LogP contribution is 2.21. The molecule has 106 valence electrons. The summed E-state index contributed by atoms with van der Waals surface area (Å²) in [5.41, 5.74) is -0.0997. The molecule has 2 amide bonds. The molecule has 0 aliphatic carbocycles. The van der Waals surface area contributed by atoms with Gasteiger partial charge in [-0.3, -0.25) is 0 Å². The van der Waals surface area contributed by atoms with Crippen LogP contribution in [0.2, 0.25) is 0 Å². The molecule has 1 fully saturated rings. The molecule has 1 aliphatic rings. The van der Waals surface area contributed by atoms with Crippen LogP contribution >= 0.6 is 0 Å². The normalized spacial score (nSPS) is 14.5. The molecule has 2 rings (SSSR count). The number of nitrogens with zero attached hydrogens (tertiary/aromatic N) is 5. The number of carboxylic acids is 1. The Kier molecular flexibility index (Phi) is 3.89. The molecule has 2 heterocycles. The van der Waals surface area contributed by atoms with E-state index in [4.69, 9.17) is 11.5 Å². The van der Waals surface area contributed by atoms with E-state index >= 15 is 0 Å². The fourth-order valence-electron chi connectivity index (χ4n) is 1.96. The fourth-order valence-corrected chi connectivity index (χ4v) is 1.96. The van der Waals surface area contributed by atoms with Gasteiger partial charge in [0.15, 0.2) is 5.69 Å². The molecule has 0 spiro atoms. The lowest BCUT2D eigenvalue weighted by atomic mass is 10.1. The Bertz CT molecular complexity index is 556. The Morgan fingerprint density at radius 3 is 2.80 bits per heavy atom. The summed E-state index contributed by atoms with van der Waals surface area (Å²) in [5, 5.41) is 16.1.